The van der Waals surface area contributed by atoms with E-state index in [0.717, 1.165) is 28.3 Å². The highest BCUT2D eigenvalue weighted by Gasteiger charge is 2.56. The summed E-state index contributed by atoms with van der Waals surface area (Å²) in [4.78, 5) is 0. The molecular formula is C53H38N2OS. The molecule has 1 spiro atoms. The average molecular weight is 751 g/mol. The highest BCUT2D eigenvalue weighted by Crippen LogP contribution is 2.65. The molecular weight excluding hydrogens is 713 g/mol. The van der Waals surface area contributed by atoms with Crippen LogP contribution in [-0.4, -0.2) is 0 Å². The van der Waals surface area contributed by atoms with E-state index in [1.54, 1.807) is 0 Å². The first kappa shape index (κ1) is 32.8. The largest absolute Gasteiger partial charge is 0.456 e. The SMILES string of the molecule is C1=CC2c3ccccc3C3(c4ccccc4Oc4c(-c5ccc(C6C=C(c7ccccc7)NC(c7ccc8c(c7)sc7ccccc78)N6)cc5)cccc43)C2C=C1. The second-order valence-electron chi connectivity index (χ2n) is 15.6. The molecule has 0 amide bonds. The first-order chi connectivity index (χ1) is 28.2. The van der Waals surface area contributed by atoms with E-state index in [0.29, 0.717) is 5.92 Å². The monoisotopic (exact) mass is 750 g/mol. The van der Waals surface area contributed by atoms with E-state index in [9.17, 15) is 0 Å². The van der Waals surface area contributed by atoms with E-state index in [1.165, 1.54) is 59.1 Å². The Hall–Kier alpha value is -6.46. The Morgan fingerprint density at radius 3 is 2.21 bits per heavy atom. The number of hydrogen-bond donors (Lipinski definition) is 2. The van der Waals surface area contributed by atoms with Crippen molar-refractivity contribution in [3.63, 3.8) is 0 Å². The van der Waals surface area contributed by atoms with Crippen LogP contribution in [0.15, 0.2) is 194 Å². The zero-order chi connectivity index (χ0) is 37.5. The van der Waals surface area contributed by atoms with E-state index in [2.05, 4.69) is 205 Å². The van der Waals surface area contributed by atoms with Crippen LogP contribution in [0, 0.1) is 5.92 Å². The molecule has 57 heavy (non-hydrogen) atoms. The van der Waals surface area contributed by atoms with Crippen LogP contribution in [0.1, 0.15) is 57.1 Å². The molecule has 8 aromatic rings. The molecule has 0 fully saturated rings. The zero-order valence-corrected chi connectivity index (χ0v) is 31.9. The Kier molecular flexibility index (Phi) is 7.35. The van der Waals surface area contributed by atoms with Crippen molar-refractivity contribution in [2.45, 2.75) is 23.5 Å². The lowest BCUT2D eigenvalue weighted by molar-refractivity contribution is 0.375. The van der Waals surface area contributed by atoms with Crippen molar-refractivity contribution >= 4 is 37.2 Å². The fraction of sp³-hybridized carbons (Fsp3) is 0.0943. The summed E-state index contributed by atoms with van der Waals surface area (Å²) in [6.45, 7) is 0. The van der Waals surface area contributed by atoms with Gasteiger partial charge in [-0.15, -0.1) is 11.3 Å². The van der Waals surface area contributed by atoms with Crippen LogP contribution < -0.4 is 15.4 Å². The number of benzene rings is 7. The molecule has 4 aliphatic rings. The number of hydrogen-bond acceptors (Lipinski definition) is 4. The predicted octanol–water partition coefficient (Wildman–Crippen LogP) is 13.0. The number of fused-ring (bicyclic) bond motifs is 12. The van der Waals surface area contributed by atoms with Crippen LogP contribution in [0.5, 0.6) is 11.5 Å². The normalized spacial score (nSPS) is 22.6. The van der Waals surface area contributed by atoms with Crippen molar-refractivity contribution in [2.24, 2.45) is 5.92 Å². The van der Waals surface area contributed by atoms with Gasteiger partial charge in [0, 0.05) is 54.4 Å². The van der Waals surface area contributed by atoms with Crippen molar-refractivity contribution in [3.05, 3.63) is 233 Å². The van der Waals surface area contributed by atoms with Gasteiger partial charge in [0.1, 0.15) is 17.7 Å². The smallest absolute Gasteiger partial charge is 0.139 e. The Balaban J connectivity index is 0.941. The third-order valence-corrected chi connectivity index (χ3v) is 13.9. The molecule has 7 aromatic carbocycles. The van der Waals surface area contributed by atoms with Crippen molar-refractivity contribution in [1.82, 2.24) is 10.6 Å². The molecule has 3 nitrogen and oxygen atoms in total. The van der Waals surface area contributed by atoms with Gasteiger partial charge in [-0.3, -0.25) is 5.32 Å². The lowest BCUT2D eigenvalue weighted by atomic mass is 9.61. The molecule has 272 valence electrons. The number of rotatable bonds is 4. The van der Waals surface area contributed by atoms with Crippen LogP contribution in [-0.2, 0) is 5.41 Å². The topological polar surface area (TPSA) is 33.3 Å². The van der Waals surface area contributed by atoms with Crippen LogP contribution in [0.25, 0.3) is 37.0 Å². The van der Waals surface area contributed by atoms with Gasteiger partial charge in [0.05, 0.1) is 11.5 Å². The van der Waals surface area contributed by atoms with Gasteiger partial charge < -0.3 is 10.1 Å². The van der Waals surface area contributed by atoms with Gasteiger partial charge in [-0.2, -0.15) is 0 Å². The molecule has 3 heterocycles. The molecule has 5 unspecified atom stereocenters. The zero-order valence-electron chi connectivity index (χ0n) is 31.1. The molecule has 2 aliphatic heterocycles. The van der Waals surface area contributed by atoms with Crippen LogP contribution in [0.4, 0.5) is 0 Å². The van der Waals surface area contributed by atoms with Crippen molar-refractivity contribution in [1.29, 1.82) is 0 Å². The van der Waals surface area contributed by atoms with Gasteiger partial charge >= 0.3 is 0 Å². The van der Waals surface area contributed by atoms with Gasteiger partial charge in [-0.1, -0.05) is 170 Å². The summed E-state index contributed by atoms with van der Waals surface area (Å²) in [7, 11) is 0. The van der Waals surface area contributed by atoms with Crippen molar-refractivity contribution in [3.8, 4) is 22.6 Å². The summed E-state index contributed by atoms with van der Waals surface area (Å²) in [5.74, 6) is 2.43. The summed E-state index contributed by atoms with van der Waals surface area (Å²) in [6, 6.07) is 59.9. The molecule has 4 heteroatoms. The van der Waals surface area contributed by atoms with Crippen LogP contribution in [0.2, 0.25) is 0 Å². The summed E-state index contributed by atoms with van der Waals surface area (Å²) >= 11 is 1.86. The molecule has 0 saturated heterocycles. The molecule has 1 aromatic heterocycles. The fourth-order valence-corrected chi connectivity index (χ4v) is 11.4. The summed E-state index contributed by atoms with van der Waals surface area (Å²) < 4.78 is 9.62. The minimum atomic E-state index is -0.367. The maximum Gasteiger partial charge on any atom is 0.139 e. The molecule has 0 saturated carbocycles. The molecule has 0 radical (unpaired) electrons. The van der Waals surface area contributed by atoms with Crippen LogP contribution >= 0.6 is 11.3 Å². The Labute approximate surface area is 336 Å². The number of para-hydroxylation sites is 2. The minimum absolute atomic E-state index is 0.00670. The van der Waals surface area contributed by atoms with E-state index in [4.69, 9.17) is 4.74 Å². The number of thiophene rings is 1. The quantitative estimate of drug-likeness (QED) is 0.188. The Bertz CT molecular complexity index is 2980. The maximum absolute atomic E-state index is 7.00. The highest BCUT2D eigenvalue weighted by atomic mass is 32.1. The first-order valence-corrected chi connectivity index (χ1v) is 20.7. The predicted molar refractivity (Wildman–Crippen MR) is 235 cm³/mol. The first-order valence-electron chi connectivity index (χ1n) is 19.9. The van der Waals surface area contributed by atoms with E-state index >= 15 is 0 Å². The minimum Gasteiger partial charge on any atom is -0.456 e. The van der Waals surface area contributed by atoms with E-state index < -0.39 is 0 Å². The van der Waals surface area contributed by atoms with Crippen molar-refractivity contribution < 1.29 is 4.74 Å². The molecule has 2 aliphatic carbocycles. The van der Waals surface area contributed by atoms with Gasteiger partial charge in [0.2, 0.25) is 0 Å². The summed E-state index contributed by atoms with van der Waals surface area (Å²) in [5.41, 5.74) is 11.9. The van der Waals surface area contributed by atoms with Gasteiger partial charge in [-0.25, -0.2) is 0 Å². The van der Waals surface area contributed by atoms with Crippen LogP contribution in [0.3, 0.4) is 0 Å². The third-order valence-electron chi connectivity index (χ3n) is 12.7. The van der Waals surface area contributed by atoms with E-state index in [1.807, 2.05) is 11.3 Å². The second-order valence-corrected chi connectivity index (χ2v) is 16.7. The number of nitrogens with one attached hydrogen (secondary N) is 2. The molecule has 2 N–H and O–H groups in total. The number of ether oxygens (including phenoxy) is 1. The highest BCUT2D eigenvalue weighted by molar-refractivity contribution is 7.25. The molecule has 12 rings (SSSR count). The Morgan fingerprint density at radius 1 is 0.561 bits per heavy atom. The maximum atomic E-state index is 7.00. The summed E-state index contributed by atoms with van der Waals surface area (Å²) in [6.07, 6.45) is 11.5. The van der Waals surface area contributed by atoms with Crippen molar-refractivity contribution in [2.75, 3.05) is 0 Å². The van der Waals surface area contributed by atoms with E-state index in [-0.39, 0.29) is 23.5 Å². The Morgan fingerprint density at radius 2 is 1.30 bits per heavy atom. The van der Waals surface area contributed by atoms with Gasteiger partial charge in [0.25, 0.3) is 0 Å². The number of allylic oxidation sites excluding steroid dienone is 4. The second kappa shape index (κ2) is 12.8. The average Bonchev–Trinajstić information content (AvgIpc) is 3.80. The molecule has 0 bridgehead atoms. The standard InChI is InChI=1S/C53H38N2OS/c1-2-13-34(14-3-1)46-32-47(55-52(54-46)36-29-30-41-40-17-6-11-24-49(40)57-50(41)31-36)35-27-25-33(26-28-35)37-18-12-22-45-51(37)56-48-23-10-9-21-44(48)53(45)42-19-7-4-15-38(42)39-16-5-8-20-43(39)53/h1-32,38,42,47,52,54-55H. The third kappa shape index (κ3) is 4.94. The molecule has 5 atom stereocenters. The summed E-state index contributed by atoms with van der Waals surface area (Å²) in [5, 5.41) is 10.4. The van der Waals surface area contributed by atoms with Gasteiger partial charge in [0.15, 0.2) is 0 Å². The lowest BCUT2D eigenvalue weighted by Gasteiger charge is -2.43. The van der Waals surface area contributed by atoms with Gasteiger partial charge in [-0.05, 0) is 57.7 Å². The fourth-order valence-electron chi connectivity index (χ4n) is 10.2. The lowest BCUT2D eigenvalue weighted by Crippen LogP contribution is -2.39.